The molecule has 0 radical (unpaired) electrons. The standard InChI is InChI=1S/C12H14FN3/c1-7(2)11-6-15-12(16-11)9-5-8(13)3-4-10(9)14/h3-7H,14H2,1-2H3,(H,15,16). The lowest BCUT2D eigenvalue weighted by Gasteiger charge is -2.03. The number of hydrogen-bond donors (Lipinski definition) is 2. The van der Waals surface area contributed by atoms with Gasteiger partial charge in [0.25, 0.3) is 0 Å². The smallest absolute Gasteiger partial charge is 0.139 e. The predicted octanol–water partition coefficient (Wildman–Crippen LogP) is 2.92. The number of rotatable bonds is 2. The lowest BCUT2D eigenvalue weighted by Crippen LogP contribution is -1.93. The van der Waals surface area contributed by atoms with Crippen molar-refractivity contribution in [3.8, 4) is 11.4 Å². The van der Waals surface area contributed by atoms with Crippen molar-refractivity contribution in [3.63, 3.8) is 0 Å². The molecule has 84 valence electrons. The zero-order valence-electron chi connectivity index (χ0n) is 9.29. The number of nitrogens with one attached hydrogen (secondary N) is 1. The van der Waals surface area contributed by atoms with Crippen LogP contribution in [0.3, 0.4) is 0 Å². The van der Waals surface area contributed by atoms with Gasteiger partial charge in [-0.1, -0.05) is 13.8 Å². The van der Waals surface area contributed by atoms with Crippen molar-refractivity contribution in [3.05, 3.63) is 35.9 Å². The van der Waals surface area contributed by atoms with Gasteiger partial charge in [-0.15, -0.1) is 0 Å². The van der Waals surface area contributed by atoms with Crippen molar-refractivity contribution >= 4 is 5.69 Å². The zero-order valence-corrected chi connectivity index (χ0v) is 9.29. The Morgan fingerprint density at radius 3 is 2.75 bits per heavy atom. The molecule has 1 aromatic heterocycles. The second kappa shape index (κ2) is 3.96. The molecule has 0 amide bonds. The Kier molecular flexibility index (Phi) is 2.64. The molecule has 2 aromatic rings. The number of imidazole rings is 1. The largest absolute Gasteiger partial charge is 0.398 e. The summed E-state index contributed by atoms with van der Waals surface area (Å²) < 4.78 is 13.1. The summed E-state index contributed by atoms with van der Waals surface area (Å²) in [6.07, 6.45) is 1.75. The minimum Gasteiger partial charge on any atom is -0.398 e. The molecule has 1 heterocycles. The van der Waals surface area contributed by atoms with Gasteiger partial charge in [0.2, 0.25) is 0 Å². The fourth-order valence-corrected chi connectivity index (χ4v) is 1.50. The third kappa shape index (κ3) is 1.91. The first-order valence-electron chi connectivity index (χ1n) is 5.18. The van der Waals surface area contributed by atoms with Crippen LogP contribution in [0.5, 0.6) is 0 Å². The quantitative estimate of drug-likeness (QED) is 0.763. The number of nitrogen functional groups attached to an aromatic ring is 1. The van der Waals surface area contributed by atoms with Gasteiger partial charge < -0.3 is 10.7 Å². The van der Waals surface area contributed by atoms with Gasteiger partial charge in [0.05, 0.1) is 0 Å². The summed E-state index contributed by atoms with van der Waals surface area (Å²) in [7, 11) is 0. The molecule has 0 spiro atoms. The topological polar surface area (TPSA) is 54.7 Å². The Hall–Kier alpha value is -1.84. The van der Waals surface area contributed by atoms with E-state index < -0.39 is 0 Å². The van der Waals surface area contributed by atoms with Crippen LogP contribution in [0, 0.1) is 5.82 Å². The Labute approximate surface area is 93.5 Å². The number of aromatic nitrogens is 2. The Morgan fingerprint density at radius 1 is 1.38 bits per heavy atom. The number of anilines is 1. The minimum atomic E-state index is -0.313. The number of benzene rings is 1. The SMILES string of the molecule is CC(C)c1cnc(-c2cc(F)ccc2N)[nH]1. The van der Waals surface area contributed by atoms with Gasteiger partial charge in [0, 0.05) is 23.1 Å². The Morgan fingerprint density at radius 2 is 2.12 bits per heavy atom. The van der Waals surface area contributed by atoms with Crippen LogP contribution in [0.15, 0.2) is 24.4 Å². The number of nitrogens with zero attached hydrogens (tertiary/aromatic N) is 1. The zero-order chi connectivity index (χ0) is 11.7. The van der Waals surface area contributed by atoms with Gasteiger partial charge in [-0.25, -0.2) is 9.37 Å². The third-order valence-electron chi connectivity index (χ3n) is 2.49. The van der Waals surface area contributed by atoms with Crippen LogP contribution in [0.25, 0.3) is 11.4 Å². The molecule has 4 heteroatoms. The summed E-state index contributed by atoms with van der Waals surface area (Å²) in [5.41, 5.74) is 7.92. The van der Waals surface area contributed by atoms with Gasteiger partial charge in [-0.3, -0.25) is 0 Å². The summed E-state index contributed by atoms with van der Waals surface area (Å²) in [6, 6.07) is 4.27. The molecular weight excluding hydrogens is 205 g/mol. The average molecular weight is 219 g/mol. The van der Waals surface area contributed by atoms with E-state index in [1.54, 1.807) is 12.3 Å². The fraction of sp³-hybridized carbons (Fsp3) is 0.250. The Bertz CT molecular complexity index is 503. The summed E-state index contributed by atoms with van der Waals surface area (Å²) >= 11 is 0. The molecule has 0 saturated heterocycles. The summed E-state index contributed by atoms with van der Waals surface area (Å²) in [5.74, 6) is 0.656. The summed E-state index contributed by atoms with van der Waals surface area (Å²) in [4.78, 5) is 7.35. The predicted molar refractivity (Wildman–Crippen MR) is 62.5 cm³/mol. The summed E-state index contributed by atoms with van der Waals surface area (Å²) in [6.45, 7) is 4.12. The van der Waals surface area contributed by atoms with E-state index in [1.807, 2.05) is 0 Å². The maximum absolute atomic E-state index is 13.1. The van der Waals surface area contributed by atoms with Gasteiger partial charge in [0.15, 0.2) is 0 Å². The van der Waals surface area contributed by atoms with E-state index in [-0.39, 0.29) is 5.82 Å². The highest BCUT2D eigenvalue weighted by atomic mass is 19.1. The molecule has 0 saturated carbocycles. The highest BCUT2D eigenvalue weighted by Crippen LogP contribution is 2.25. The van der Waals surface area contributed by atoms with E-state index >= 15 is 0 Å². The van der Waals surface area contributed by atoms with E-state index in [1.165, 1.54) is 12.1 Å². The lowest BCUT2D eigenvalue weighted by molar-refractivity contribution is 0.628. The number of hydrogen-bond acceptors (Lipinski definition) is 2. The number of halogens is 1. The fourth-order valence-electron chi connectivity index (χ4n) is 1.50. The van der Waals surface area contributed by atoms with E-state index in [0.29, 0.717) is 23.0 Å². The van der Waals surface area contributed by atoms with Crippen LogP contribution >= 0.6 is 0 Å². The van der Waals surface area contributed by atoms with Crippen LogP contribution < -0.4 is 5.73 Å². The van der Waals surface area contributed by atoms with Crippen molar-refractivity contribution in [1.29, 1.82) is 0 Å². The molecule has 3 N–H and O–H groups in total. The van der Waals surface area contributed by atoms with Crippen LogP contribution in [-0.2, 0) is 0 Å². The van der Waals surface area contributed by atoms with Gasteiger partial charge >= 0.3 is 0 Å². The Balaban J connectivity index is 2.46. The normalized spacial score (nSPS) is 11.0. The monoisotopic (exact) mass is 219 g/mol. The number of H-pyrrole nitrogens is 1. The van der Waals surface area contributed by atoms with E-state index in [4.69, 9.17) is 5.73 Å². The first kappa shape index (κ1) is 10.7. The van der Waals surface area contributed by atoms with Crippen LogP contribution in [-0.4, -0.2) is 9.97 Å². The van der Waals surface area contributed by atoms with Crippen LogP contribution in [0.1, 0.15) is 25.5 Å². The second-order valence-electron chi connectivity index (χ2n) is 4.07. The lowest BCUT2D eigenvalue weighted by atomic mass is 10.1. The van der Waals surface area contributed by atoms with Gasteiger partial charge in [0.1, 0.15) is 11.6 Å². The molecule has 0 fully saturated rings. The number of aromatic amines is 1. The molecule has 0 aliphatic rings. The van der Waals surface area contributed by atoms with Crippen molar-refractivity contribution in [2.24, 2.45) is 0 Å². The van der Waals surface area contributed by atoms with E-state index in [0.717, 1.165) is 5.69 Å². The first-order valence-corrected chi connectivity index (χ1v) is 5.18. The molecule has 16 heavy (non-hydrogen) atoms. The van der Waals surface area contributed by atoms with E-state index in [2.05, 4.69) is 23.8 Å². The molecule has 0 bridgehead atoms. The second-order valence-corrected chi connectivity index (χ2v) is 4.07. The van der Waals surface area contributed by atoms with Gasteiger partial charge in [-0.2, -0.15) is 0 Å². The molecule has 0 unspecified atom stereocenters. The third-order valence-corrected chi connectivity index (χ3v) is 2.49. The van der Waals surface area contributed by atoms with Gasteiger partial charge in [-0.05, 0) is 24.1 Å². The first-order chi connectivity index (χ1) is 7.58. The summed E-state index contributed by atoms with van der Waals surface area (Å²) in [5, 5.41) is 0. The molecule has 0 atom stereocenters. The highest BCUT2D eigenvalue weighted by Gasteiger charge is 2.09. The van der Waals surface area contributed by atoms with Crippen molar-refractivity contribution in [1.82, 2.24) is 9.97 Å². The number of nitrogens with two attached hydrogens (primary N) is 1. The molecule has 0 aliphatic carbocycles. The maximum atomic E-state index is 13.1. The minimum absolute atomic E-state index is 0.313. The molecule has 3 nitrogen and oxygen atoms in total. The van der Waals surface area contributed by atoms with Crippen molar-refractivity contribution in [2.75, 3.05) is 5.73 Å². The maximum Gasteiger partial charge on any atom is 0.139 e. The average Bonchev–Trinajstić information content (AvgIpc) is 2.70. The highest BCUT2D eigenvalue weighted by molar-refractivity contribution is 5.71. The van der Waals surface area contributed by atoms with Crippen molar-refractivity contribution < 1.29 is 4.39 Å². The molecule has 1 aromatic carbocycles. The van der Waals surface area contributed by atoms with Crippen molar-refractivity contribution in [2.45, 2.75) is 19.8 Å². The van der Waals surface area contributed by atoms with Crippen LogP contribution in [0.2, 0.25) is 0 Å². The molecular formula is C12H14FN3. The molecule has 2 rings (SSSR count). The van der Waals surface area contributed by atoms with E-state index in [9.17, 15) is 4.39 Å². The molecule has 0 aliphatic heterocycles. The van der Waals surface area contributed by atoms with Crippen LogP contribution in [0.4, 0.5) is 10.1 Å².